The fourth-order valence-corrected chi connectivity index (χ4v) is 1.82. The van der Waals surface area contributed by atoms with E-state index in [1.54, 1.807) is 6.20 Å². The van der Waals surface area contributed by atoms with Gasteiger partial charge in [0.05, 0.1) is 19.3 Å². The molecule has 0 spiro atoms. The summed E-state index contributed by atoms with van der Waals surface area (Å²) in [5.74, 6) is 0. The quantitative estimate of drug-likeness (QED) is 0.694. The van der Waals surface area contributed by atoms with Crippen LogP contribution in [0.3, 0.4) is 0 Å². The van der Waals surface area contributed by atoms with Crippen molar-refractivity contribution < 1.29 is 0 Å². The van der Waals surface area contributed by atoms with E-state index in [0.29, 0.717) is 6.54 Å². The highest BCUT2D eigenvalue weighted by atomic mass is 15.4. The average molecular weight is 239 g/mol. The highest BCUT2D eigenvalue weighted by Crippen LogP contribution is 2.03. The maximum absolute atomic E-state index is 4.14. The molecule has 2 aromatic heterocycles. The Morgan fingerprint density at radius 3 is 2.61 bits per heavy atom. The van der Waals surface area contributed by atoms with Crippen LogP contribution >= 0.6 is 0 Å². The number of nitrogens with zero attached hydrogens (tertiary/aromatic N) is 5. The predicted octanol–water partition coefficient (Wildman–Crippen LogP) is 1.57. The molecule has 1 aromatic carbocycles. The molecule has 0 unspecified atom stereocenters. The Kier molecular flexibility index (Phi) is 2.87. The minimum Gasteiger partial charge on any atom is -0.267 e. The molecule has 0 saturated carbocycles. The normalized spacial score (nSPS) is 10.7. The summed E-state index contributed by atoms with van der Waals surface area (Å²) in [6.45, 7) is 1.40. The Balaban J connectivity index is 1.70. The number of hydrogen-bond donors (Lipinski definition) is 0. The SMILES string of the molecule is c1ccc(Cn2cc(Cn3cccn3)nn2)cc1. The van der Waals surface area contributed by atoms with Crippen molar-refractivity contribution >= 4 is 0 Å². The molecular formula is C13H13N5. The zero-order chi connectivity index (χ0) is 12.2. The predicted molar refractivity (Wildman–Crippen MR) is 66.9 cm³/mol. The minimum absolute atomic E-state index is 0.655. The number of hydrogen-bond acceptors (Lipinski definition) is 3. The van der Waals surface area contributed by atoms with Crippen molar-refractivity contribution in [2.24, 2.45) is 0 Å². The first-order valence-corrected chi connectivity index (χ1v) is 5.80. The Bertz CT molecular complexity index is 597. The van der Waals surface area contributed by atoms with Gasteiger partial charge in [-0.3, -0.25) is 4.68 Å². The van der Waals surface area contributed by atoms with Crippen LogP contribution < -0.4 is 0 Å². The molecule has 0 fully saturated rings. The molecule has 0 aliphatic heterocycles. The fourth-order valence-electron chi connectivity index (χ4n) is 1.82. The molecule has 18 heavy (non-hydrogen) atoms. The first-order valence-electron chi connectivity index (χ1n) is 5.80. The third-order valence-electron chi connectivity index (χ3n) is 2.66. The second kappa shape index (κ2) is 4.83. The van der Waals surface area contributed by atoms with Crippen molar-refractivity contribution in [1.82, 2.24) is 24.8 Å². The summed E-state index contributed by atoms with van der Waals surface area (Å²) in [7, 11) is 0. The molecule has 0 N–H and O–H groups in total. The fraction of sp³-hybridized carbons (Fsp3) is 0.154. The Morgan fingerprint density at radius 2 is 1.83 bits per heavy atom. The Hall–Kier alpha value is -2.43. The Labute approximate surface area is 105 Å². The zero-order valence-electron chi connectivity index (χ0n) is 9.85. The molecule has 3 rings (SSSR count). The van der Waals surface area contributed by atoms with E-state index in [1.165, 1.54) is 5.56 Å². The van der Waals surface area contributed by atoms with Crippen LogP contribution in [0, 0.1) is 0 Å². The molecule has 90 valence electrons. The number of rotatable bonds is 4. The van der Waals surface area contributed by atoms with Gasteiger partial charge in [-0.2, -0.15) is 5.10 Å². The van der Waals surface area contributed by atoms with E-state index in [2.05, 4.69) is 27.5 Å². The third kappa shape index (κ3) is 2.45. The van der Waals surface area contributed by atoms with E-state index in [4.69, 9.17) is 0 Å². The standard InChI is InChI=1S/C13H13N5/c1-2-5-12(6-3-1)9-18-11-13(15-16-18)10-17-8-4-7-14-17/h1-8,11H,9-10H2. The summed E-state index contributed by atoms with van der Waals surface area (Å²) in [5, 5.41) is 12.4. The van der Waals surface area contributed by atoms with E-state index in [0.717, 1.165) is 12.2 Å². The van der Waals surface area contributed by atoms with Gasteiger partial charge in [0.25, 0.3) is 0 Å². The second-order valence-corrected chi connectivity index (χ2v) is 4.10. The van der Waals surface area contributed by atoms with E-state index in [-0.39, 0.29) is 0 Å². The second-order valence-electron chi connectivity index (χ2n) is 4.10. The molecule has 2 heterocycles. The molecule has 0 aliphatic rings. The zero-order valence-corrected chi connectivity index (χ0v) is 9.85. The lowest BCUT2D eigenvalue weighted by atomic mass is 10.2. The first-order chi connectivity index (χ1) is 8.90. The van der Waals surface area contributed by atoms with Gasteiger partial charge in [0.2, 0.25) is 0 Å². The van der Waals surface area contributed by atoms with Gasteiger partial charge >= 0.3 is 0 Å². The van der Waals surface area contributed by atoms with Gasteiger partial charge in [-0.25, -0.2) is 4.68 Å². The number of benzene rings is 1. The highest BCUT2D eigenvalue weighted by molar-refractivity contribution is 5.14. The summed E-state index contributed by atoms with van der Waals surface area (Å²) in [5.41, 5.74) is 2.13. The van der Waals surface area contributed by atoms with Crippen molar-refractivity contribution in [3.8, 4) is 0 Å². The van der Waals surface area contributed by atoms with Crippen LogP contribution in [0.15, 0.2) is 55.0 Å². The van der Waals surface area contributed by atoms with Crippen molar-refractivity contribution in [1.29, 1.82) is 0 Å². The summed E-state index contributed by atoms with van der Waals surface area (Å²) in [6.07, 6.45) is 5.62. The molecule has 0 saturated heterocycles. The van der Waals surface area contributed by atoms with Gasteiger partial charge < -0.3 is 0 Å². The molecule has 5 nitrogen and oxygen atoms in total. The monoisotopic (exact) mass is 239 g/mol. The maximum atomic E-state index is 4.14. The van der Waals surface area contributed by atoms with Crippen LogP contribution in [-0.4, -0.2) is 24.8 Å². The molecule has 3 aromatic rings. The van der Waals surface area contributed by atoms with E-state index in [1.807, 2.05) is 46.0 Å². The van der Waals surface area contributed by atoms with Crippen molar-refractivity contribution in [3.63, 3.8) is 0 Å². The van der Waals surface area contributed by atoms with Crippen molar-refractivity contribution in [2.75, 3.05) is 0 Å². The average Bonchev–Trinajstić information content (AvgIpc) is 3.03. The number of aromatic nitrogens is 5. The van der Waals surface area contributed by atoms with Crippen LogP contribution in [-0.2, 0) is 13.1 Å². The topological polar surface area (TPSA) is 48.5 Å². The largest absolute Gasteiger partial charge is 0.267 e. The lowest BCUT2D eigenvalue weighted by molar-refractivity contribution is 0.645. The van der Waals surface area contributed by atoms with E-state index >= 15 is 0 Å². The smallest absolute Gasteiger partial charge is 0.104 e. The van der Waals surface area contributed by atoms with Crippen LogP contribution in [0.4, 0.5) is 0 Å². The minimum atomic E-state index is 0.655. The molecule has 0 radical (unpaired) electrons. The van der Waals surface area contributed by atoms with Gasteiger partial charge in [0, 0.05) is 12.4 Å². The molecule has 0 atom stereocenters. The first kappa shape index (κ1) is 10.7. The molecule has 0 bridgehead atoms. The lowest BCUT2D eigenvalue weighted by Gasteiger charge is -1.99. The van der Waals surface area contributed by atoms with Crippen LogP contribution in [0.25, 0.3) is 0 Å². The Morgan fingerprint density at radius 1 is 0.944 bits per heavy atom. The van der Waals surface area contributed by atoms with Crippen molar-refractivity contribution in [2.45, 2.75) is 13.1 Å². The van der Waals surface area contributed by atoms with Crippen LogP contribution in [0.5, 0.6) is 0 Å². The summed E-state index contributed by atoms with van der Waals surface area (Å²) in [6, 6.07) is 12.1. The summed E-state index contributed by atoms with van der Waals surface area (Å²) >= 11 is 0. The van der Waals surface area contributed by atoms with Gasteiger partial charge in [-0.1, -0.05) is 35.5 Å². The van der Waals surface area contributed by atoms with Gasteiger partial charge in [0.15, 0.2) is 0 Å². The molecular weight excluding hydrogens is 226 g/mol. The lowest BCUT2D eigenvalue weighted by Crippen LogP contribution is -2.00. The van der Waals surface area contributed by atoms with Gasteiger partial charge in [-0.05, 0) is 11.6 Å². The molecule has 0 aliphatic carbocycles. The van der Waals surface area contributed by atoms with Gasteiger partial charge in [0.1, 0.15) is 5.69 Å². The van der Waals surface area contributed by atoms with Crippen molar-refractivity contribution in [3.05, 3.63) is 66.2 Å². The van der Waals surface area contributed by atoms with E-state index < -0.39 is 0 Å². The third-order valence-corrected chi connectivity index (χ3v) is 2.66. The highest BCUT2D eigenvalue weighted by Gasteiger charge is 2.02. The summed E-state index contributed by atoms with van der Waals surface area (Å²) in [4.78, 5) is 0. The van der Waals surface area contributed by atoms with Crippen LogP contribution in [0.2, 0.25) is 0 Å². The van der Waals surface area contributed by atoms with Crippen LogP contribution in [0.1, 0.15) is 11.3 Å². The molecule has 5 heteroatoms. The van der Waals surface area contributed by atoms with E-state index in [9.17, 15) is 0 Å². The summed E-state index contributed by atoms with van der Waals surface area (Å²) < 4.78 is 3.67. The van der Waals surface area contributed by atoms with Gasteiger partial charge in [-0.15, -0.1) is 5.10 Å². The molecule has 0 amide bonds. The maximum Gasteiger partial charge on any atom is 0.104 e.